The van der Waals surface area contributed by atoms with Crippen molar-refractivity contribution in [3.05, 3.63) is 28.2 Å². The Bertz CT molecular complexity index is 508. The predicted molar refractivity (Wildman–Crippen MR) is 56.1 cm³/mol. The number of nitrogens with zero attached hydrogens (tertiary/aromatic N) is 2. The molecule has 0 radical (unpaired) electrons. The molecule has 16 heavy (non-hydrogen) atoms. The van der Waals surface area contributed by atoms with Crippen LogP contribution in [0.2, 0.25) is 0 Å². The molecule has 84 valence electrons. The second kappa shape index (κ2) is 4.05. The van der Waals surface area contributed by atoms with Gasteiger partial charge in [0.05, 0.1) is 0 Å². The van der Waals surface area contributed by atoms with Crippen molar-refractivity contribution in [1.29, 1.82) is 0 Å². The lowest BCUT2D eigenvalue weighted by Crippen LogP contribution is -1.98. The number of anilines is 3. The van der Waals surface area contributed by atoms with E-state index in [4.69, 9.17) is 10.2 Å². The number of nitrogens with two attached hydrogens (primary N) is 1. The molecule has 0 unspecified atom stereocenters. The third-order valence-corrected chi connectivity index (χ3v) is 2.14. The van der Waals surface area contributed by atoms with Crippen molar-refractivity contribution in [3.63, 3.8) is 0 Å². The SMILES string of the molecule is Nc1nnc(Nc2c(F)cc(Br)cc2F)o1. The molecule has 0 saturated carbocycles. The summed E-state index contributed by atoms with van der Waals surface area (Å²) in [5.41, 5.74) is 4.77. The number of hydrogen-bond donors (Lipinski definition) is 2. The van der Waals surface area contributed by atoms with Crippen molar-refractivity contribution in [2.24, 2.45) is 0 Å². The molecule has 0 aliphatic carbocycles. The Kier molecular flexibility index (Phi) is 2.73. The van der Waals surface area contributed by atoms with E-state index in [1.165, 1.54) is 0 Å². The number of aromatic nitrogens is 2. The van der Waals surface area contributed by atoms with Crippen LogP contribution in [0.3, 0.4) is 0 Å². The van der Waals surface area contributed by atoms with E-state index in [1.807, 2.05) is 0 Å². The molecule has 1 heterocycles. The van der Waals surface area contributed by atoms with Gasteiger partial charge in [-0.25, -0.2) is 8.78 Å². The monoisotopic (exact) mass is 290 g/mol. The molecular formula is C8H5BrF2N4O. The van der Waals surface area contributed by atoms with Crippen LogP contribution >= 0.6 is 15.9 Å². The van der Waals surface area contributed by atoms with Crippen molar-refractivity contribution < 1.29 is 13.2 Å². The van der Waals surface area contributed by atoms with Crippen LogP contribution in [-0.4, -0.2) is 10.2 Å². The molecule has 5 nitrogen and oxygen atoms in total. The third kappa shape index (κ3) is 2.11. The first-order chi connectivity index (χ1) is 7.56. The maximum Gasteiger partial charge on any atom is 0.321 e. The van der Waals surface area contributed by atoms with Gasteiger partial charge < -0.3 is 15.5 Å². The summed E-state index contributed by atoms with van der Waals surface area (Å²) in [6.07, 6.45) is 0. The highest BCUT2D eigenvalue weighted by atomic mass is 79.9. The van der Waals surface area contributed by atoms with Crippen LogP contribution in [0.15, 0.2) is 21.0 Å². The van der Waals surface area contributed by atoms with Gasteiger partial charge in [-0.2, -0.15) is 0 Å². The van der Waals surface area contributed by atoms with E-state index in [0.717, 1.165) is 12.1 Å². The molecule has 0 spiro atoms. The van der Waals surface area contributed by atoms with Crippen LogP contribution in [0.25, 0.3) is 0 Å². The normalized spacial score (nSPS) is 10.4. The van der Waals surface area contributed by atoms with Gasteiger partial charge in [0.15, 0.2) is 11.6 Å². The summed E-state index contributed by atoms with van der Waals surface area (Å²) in [7, 11) is 0. The average molecular weight is 291 g/mol. The minimum Gasteiger partial charge on any atom is -0.389 e. The van der Waals surface area contributed by atoms with E-state index in [1.54, 1.807) is 0 Å². The molecule has 0 saturated heterocycles. The van der Waals surface area contributed by atoms with Gasteiger partial charge in [-0.15, -0.1) is 0 Å². The molecule has 8 heteroatoms. The number of nitrogen functional groups attached to an aromatic ring is 1. The fraction of sp³-hybridized carbons (Fsp3) is 0. The molecule has 0 fully saturated rings. The van der Waals surface area contributed by atoms with Gasteiger partial charge in [0.1, 0.15) is 5.69 Å². The molecule has 2 rings (SSSR count). The van der Waals surface area contributed by atoms with Gasteiger partial charge in [0, 0.05) is 4.47 Å². The first-order valence-corrected chi connectivity index (χ1v) is 4.86. The lowest BCUT2D eigenvalue weighted by molar-refractivity contribution is 0.572. The number of halogens is 3. The lowest BCUT2D eigenvalue weighted by atomic mass is 10.3. The third-order valence-electron chi connectivity index (χ3n) is 1.68. The maximum atomic E-state index is 13.4. The Morgan fingerprint density at radius 3 is 2.38 bits per heavy atom. The second-order valence-electron chi connectivity index (χ2n) is 2.81. The number of rotatable bonds is 2. The smallest absolute Gasteiger partial charge is 0.321 e. The largest absolute Gasteiger partial charge is 0.389 e. The van der Waals surface area contributed by atoms with Crippen LogP contribution < -0.4 is 11.1 Å². The predicted octanol–water partition coefficient (Wildman–Crippen LogP) is 2.44. The summed E-state index contributed by atoms with van der Waals surface area (Å²) in [4.78, 5) is 0. The summed E-state index contributed by atoms with van der Waals surface area (Å²) in [6.45, 7) is 0. The molecule has 0 aliphatic rings. The van der Waals surface area contributed by atoms with Crippen molar-refractivity contribution in [1.82, 2.24) is 10.2 Å². The van der Waals surface area contributed by atoms with Crippen molar-refractivity contribution >= 4 is 33.6 Å². The number of hydrogen-bond acceptors (Lipinski definition) is 5. The van der Waals surface area contributed by atoms with Crippen LogP contribution in [0.1, 0.15) is 0 Å². The van der Waals surface area contributed by atoms with Crippen LogP contribution in [0.4, 0.5) is 26.5 Å². The molecular weight excluding hydrogens is 286 g/mol. The Morgan fingerprint density at radius 2 is 1.88 bits per heavy atom. The van der Waals surface area contributed by atoms with Crippen LogP contribution in [0, 0.1) is 11.6 Å². The Labute approximate surface area is 96.8 Å². The Morgan fingerprint density at radius 1 is 1.25 bits per heavy atom. The zero-order valence-electron chi connectivity index (χ0n) is 7.67. The van der Waals surface area contributed by atoms with Crippen molar-refractivity contribution in [3.8, 4) is 0 Å². The topological polar surface area (TPSA) is 77.0 Å². The summed E-state index contributed by atoms with van der Waals surface area (Å²) >= 11 is 2.96. The van der Waals surface area contributed by atoms with Crippen molar-refractivity contribution in [2.75, 3.05) is 11.1 Å². The highest BCUT2D eigenvalue weighted by molar-refractivity contribution is 9.10. The first kappa shape index (κ1) is 10.8. The second-order valence-corrected chi connectivity index (χ2v) is 3.73. The van der Waals surface area contributed by atoms with E-state index >= 15 is 0 Å². The van der Waals surface area contributed by atoms with Gasteiger partial charge in [0.25, 0.3) is 0 Å². The molecule has 2 aromatic rings. The quantitative estimate of drug-likeness (QED) is 0.888. The van der Waals surface area contributed by atoms with E-state index < -0.39 is 11.6 Å². The van der Waals surface area contributed by atoms with E-state index in [9.17, 15) is 8.78 Å². The molecule has 0 amide bonds. The molecule has 1 aromatic heterocycles. The Hall–Kier alpha value is -1.70. The van der Waals surface area contributed by atoms with Crippen LogP contribution in [-0.2, 0) is 0 Å². The van der Waals surface area contributed by atoms with Gasteiger partial charge in [0.2, 0.25) is 0 Å². The molecule has 0 aliphatic heterocycles. The first-order valence-electron chi connectivity index (χ1n) is 4.07. The highest BCUT2D eigenvalue weighted by Crippen LogP contribution is 2.26. The minimum absolute atomic E-state index is 0.183. The summed E-state index contributed by atoms with van der Waals surface area (Å²) < 4.78 is 31.7. The van der Waals surface area contributed by atoms with Crippen LogP contribution in [0.5, 0.6) is 0 Å². The fourth-order valence-electron chi connectivity index (χ4n) is 1.05. The fourth-order valence-corrected chi connectivity index (χ4v) is 1.46. The zero-order valence-corrected chi connectivity index (χ0v) is 9.25. The number of nitrogens with one attached hydrogen (secondary N) is 1. The van der Waals surface area contributed by atoms with E-state index in [0.29, 0.717) is 0 Å². The standard InChI is InChI=1S/C8H5BrF2N4O/c9-3-1-4(10)6(5(11)2-3)13-8-15-14-7(12)16-8/h1-2H,(H2,12,14)(H,13,15). The van der Waals surface area contributed by atoms with E-state index in [-0.39, 0.29) is 22.2 Å². The summed E-state index contributed by atoms with van der Waals surface area (Å²) in [5.74, 6) is -1.58. The highest BCUT2D eigenvalue weighted by Gasteiger charge is 2.13. The van der Waals surface area contributed by atoms with E-state index in [2.05, 4.69) is 31.4 Å². The maximum absolute atomic E-state index is 13.4. The average Bonchev–Trinajstić information content (AvgIpc) is 2.58. The van der Waals surface area contributed by atoms with Gasteiger partial charge in [-0.05, 0) is 12.1 Å². The number of benzene rings is 1. The van der Waals surface area contributed by atoms with Crippen molar-refractivity contribution in [2.45, 2.75) is 0 Å². The lowest BCUT2D eigenvalue weighted by Gasteiger charge is -2.04. The summed E-state index contributed by atoms with van der Waals surface area (Å²) in [6, 6.07) is 1.83. The van der Waals surface area contributed by atoms with Gasteiger partial charge >= 0.3 is 12.0 Å². The molecule has 1 aromatic carbocycles. The molecule has 3 N–H and O–H groups in total. The molecule has 0 bridgehead atoms. The Balaban J connectivity index is 2.34. The molecule has 0 atom stereocenters. The summed E-state index contributed by atoms with van der Waals surface area (Å²) in [5, 5.41) is 9.05. The minimum atomic E-state index is -0.788. The van der Waals surface area contributed by atoms with Gasteiger partial charge in [-0.3, -0.25) is 0 Å². The zero-order chi connectivity index (χ0) is 11.7. The van der Waals surface area contributed by atoms with Gasteiger partial charge in [-0.1, -0.05) is 26.1 Å².